The molecule has 0 aromatic heterocycles. The zero-order chi connectivity index (χ0) is 10.4. The predicted octanol–water partition coefficient (Wildman–Crippen LogP) is 2.71. The van der Waals surface area contributed by atoms with Gasteiger partial charge in [0.15, 0.2) is 0 Å². The standard InChI is InChI=1S/C11H15NOS/c1-3-14-8-11(12)9-5-4-6-10(7-9)13-2/h4-8H,3,12H2,1-2H3/b11-8-. The molecule has 14 heavy (non-hydrogen) atoms. The molecule has 0 fully saturated rings. The van der Waals surface area contributed by atoms with E-state index in [1.165, 1.54) is 0 Å². The van der Waals surface area contributed by atoms with Crippen molar-refractivity contribution in [3.8, 4) is 5.75 Å². The summed E-state index contributed by atoms with van der Waals surface area (Å²) in [4.78, 5) is 0. The van der Waals surface area contributed by atoms with Crippen molar-refractivity contribution in [3.05, 3.63) is 35.2 Å². The van der Waals surface area contributed by atoms with E-state index in [2.05, 4.69) is 6.92 Å². The van der Waals surface area contributed by atoms with Crippen molar-refractivity contribution in [1.29, 1.82) is 0 Å². The molecule has 1 rings (SSSR count). The molecule has 0 aliphatic heterocycles. The summed E-state index contributed by atoms with van der Waals surface area (Å²) in [6.45, 7) is 2.10. The van der Waals surface area contributed by atoms with Gasteiger partial charge in [0.2, 0.25) is 0 Å². The predicted molar refractivity (Wildman–Crippen MR) is 63.3 cm³/mol. The molecule has 0 saturated carbocycles. The molecule has 2 N–H and O–H groups in total. The van der Waals surface area contributed by atoms with E-state index in [-0.39, 0.29) is 0 Å². The first-order valence-corrected chi connectivity index (χ1v) is 5.54. The lowest BCUT2D eigenvalue weighted by Gasteiger charge is -2.04. The van der Waals surface area contributed by atoms with Gasteiger partial charge in [-0.25, -0.2) is 0 Å². The molecule has 0 unspecified atom stereocenters. The molecule has 0 amide bonds. The molecule has 1 aromatic rings. The summed E-state index contributed by atoms with van der Waals surface area (Å²) >= 11 is 1.70. The molecule has 0 heterocycles. The zero-order valence-corrected chi connectivity index (χ0v) is 9.30. The van der Waals surface area contributed by atoms with E-state index in [9.17, 15) is 0 Å². The second kappa shape index (κ2) is 5.60. The lowest BCUT2D eigenvalue weighted by Crippen LogP contribution is -1.95. The highest BCUT2D eigenvalue weighted by atomic mass is 32.2. The molecule has 0 atom stereocenters. The number of hydrogen-bond acceptors (Lipinski definition) is 3. The molecule has 0 spiro atoms. The fraction of sp³-hybridized carbons (Fsp3) is 0.273. The second-order valence-electron chi connectivity index (χ2n) is 2.76. The summed E-state index contributed by atoms with van der Waals surface area (Å²) in [7, 11) is 1.65. The molecule has 1 aromatic carbocycles. The van der Waals surface area contributed by atoms with E-state index in [0.29, 0.717) is 0 Å². The van der Waals surface area contributed by atoms with Crippen LogP contribution in [-0.4, -0.2) is 12.9 Å². The minimum atomic E-state index is 0.788. The minimum absolute atomic E-state index is 0.788. The van der Waals surface area contributed by atoms with Gasteiger partial charge in [-0.05, 0) is 23.3 Å². The molecule has 0 saturated heterocycles. The molecule has 76 valence electrons. The van der Waals surface area contributed by atoms with Crippen LogP contribution in [0.15, 0.2) is 29.7 Å². The van der Waals surface area contributed by atoms with Crippen molar-refractivity contribution >= 4 is 17.5 Å². The van der Waals surface area contributed by atoms with Crippen molar-refractivity contribution in [2.45, 2.75) is 6.92 Å². The van der Waals surface area contributed by atoms with Gasteiger partial charge in [0, 0.05) is 11.3 Å². The number of benzene rings is 1. The summed E-state index contributed by atoms with van der Waals surface area (Å²) < 4.78 is 5.12. The summed E-state index contributed by atoms with van der Waals surface area (Å²) in [5.74, 6) is 1.87. The van der Waals surface area contributed by atoms with Gasteiger partial charge in [-0.2, -0.15) is 0 Å². The number of hydrogen-bond donors (Lipinski definition) is 1. The third-order valence-corrected chi connectivity index (χ3v) is 2.53. The molecule has 2 nitrogen and oxygen atoms in total. The maximum Gasteiger partial charge on any atom is 0.119 e. The lowest BCUT2D eigenvalue weighted by atomic mass is 10.2. The Labute approximate surface area is 89.1 Å². The van der Waals surface area contributed by atoms with E-state index in [1.807, 2.05) is 29.7 Å². The third kappa shape index (κ3) is 3.00. The Balaban J connectivity index is 2.84. The van der Waals surface area contributed by atoms with Crippen LogP contribution in [-0.2, 0) is 0 Å². The largest absolute Gasteiger partial charge is 0.497 e. The van der Waals surface area contributed by atoms with Gasteiger partial charge >= 0.3 is 0 Å². The Morgan fingerprint density at radius 2 is 2.36 bits per heavy atom. The van der Waals surface area contributed by atoms with Crippen molar-refractivity contribution < 1.29 is 4.74 Å². The topological polar surface area (TPSA) is 35.2 Å². The SMILES string of the molecule is CCS/C=C(\N)c1cccc(OC)c1. The Bertz CT molecular complexity index is 323. The molecule has 0 aliphatic carbocycles. The fourth-order valence-electron chi connectivity index (χ4n) is 1.04. The molecule has 0 radical (unpaired) electrons. The van der Waals surface area contributed by atoms with Crippen LogP contribution in [0.1, 0.15) is 12.5 Å². The maximum absolute atomic E-state index is 5.89. The molecular formula is C11H15NOS. The van der Waals surface area contributed by atoms with Gasteiger partial charge in [-0.15, -0.1) is 11.8 Å². The average Bonchev–Trinajstić information content (AvgIpc) is 2.26. The molecule has 0 aliphatic rings. The quantitative estimate of drug-likeness (QED) is 0.828. The van der Waals surface area contributed by atoms with Crippen LogP contribution in [0.25, 0.3) is 5.70 Å². The highest BCUT2D eigenvalue weighted by Crippen LogP contribution is 2.18. The third-order valence-electron chi connectivity index (χ3n) is 1.78. The van der Waals surface area contributed by atoms with Crippen LogP contribution < -0.4 is 10.5 Å². The van der Waals surface area contributed by atoms with E-state index in [4.69, 9.17) is 10.5 Å². The van der Waals surface area contributed by atoms with Gasteiger partial charge < -0.3 is 10.5 Å². The van der Waals surface area contributed by atoms with E-state index < -0.39 is 0 Å². The van der Waals surface area contributed by atoms with Crippen molar-refractivity contribution in [3.63, 3.8) is 0 Å². The van der Waals surface area contributed by atoms with E-state index in [1.54, 1.807) is 18.9 Å². The van der Waals surface area contributed by atoms with Crippen LogP contribution in [0.2, 0.25) is 0 Å². The summed E-state index contributed by atoms with van der Waals surface area (Å²) in [5, 5.41) is 1.97. The van der Waals surface area contributed by atoms with Crippen LogP contribution in [0, 0.1) is 0 Å². The second-order valence-corrected chi connectivity index (χ2v) is 3.91. The number of rotatable bonds is 4. The average molecular weight is 209 g/mol. The van der Waals surface area contributed by atoms with Gasteiger partial charge in [0.05, 0.1) is 7.11 Å². The van der Waals surface area contributed by atoms with Crippen LogP contribution in [0.5, 0.6) is 5.75 Å². The normalized spacial score (nSPS) is 11.4. The first-order valence-electron chi connectivity index (χ1n) is 4.49. The fourth-order valence-corrected chi connectivity index (χ4v) is 1.53. The monoisotopic (exact) mass is 209 g/mol. The van der Waals surface area contributed by atoms with Crippen LogP contribution >= 0.6 is 11.8 Å². The Hall–Kier alpha value is -1.09. The lowest BCUT2D eigenvalue weighted by molar-refractivity contribution is 0.414. The Kier molecular flexibility index (Phi) is 4.40. The van der Waals surface area contributed by atoms with Gasteiger partial charge in [-0.3, -0.25) is 0 Å². The maximum atomic E-state index is 5.89. The first kappa shape index (κ1) is 11.0. The summed E-state index contributed by atoms with van der Waals surface area (Å²) in [5.41, 5.74) is 7.68. The Morgan fingerprint density at radius 3 is 3.00 bits per heavy atom. The smallest absolute Gasteiger partial charge is 0.119 e. The molecule has 3 heteroatoms. The Morgan fingerprint density at radius 1 is 1.57 bits per heavy atom. The molecule has 0 bridgehead atoms. The highest BCUT2D eigenvalue weighted by Gasteiger charge is 1.97. The van der Waals surface area contributed by atoms with E-state index in [0.717, 1.165) is 22.8 Å². The van der Waals surface area contributed by atoms with Crippen molar-refractivity contribution in [2.24, 2.45) is 5.73 Å². The van der Waals surface area contributed by atoms with Gasteiger partial charge in [0.1, 0.15) is 5.75 Å². The van der Waals surface area contributed by atoms with Crippen LogP contribution in [0.4, 0.5) is 0 Å². The minimum Gasteiger partial charge on any atom is -0.497 e. The number of thioether (sulfide) groups is 1. The first-order chi connectivity index (χ1) is 6.77. The molecular weight excluding hydrogens is 194 g/mol. The van der Waals surface area contributed by atoms with Gasteiger partial charge in [-0.1, -0.05) is 19.1 Å². The zero-order valence-electron chi connectivity index (χ0n) is 8.49. The van der Waals surface area contributed by atoms with E-state index >= 15 is 0 Å². The number of nitrogens with two attached hydrogens (primary N) is 1. The number of ether oxygens (including phenoxy) is 1. The summed E-state index contributed by atoms with van der Waals surface area (Å²) in [6, 6.07) is 7.75. The highest BCUT2D eigenvalue weighted by molar-refractivity contribution is 8.02. The van der Waals surface area contributed by atoms with Crippen molar-refractivity contribution in [1.82, 2.24) is 0 Å². The number of methoxy groups -OCH3 is 1. The van der Waals surface area contributed by atoms with Crippen LogP contribution in [0.3, 0.4) is 0 Å². The van der Waals surface area contributed by atoms with Gasteiger partial charge in [0.25, 0.3) is 0 Å². The summed E-state index contributed by atoms with van der Waals surface area (Å²) in [6.07, 6.45) is 0. The van der Waals surface area contributed by atoms with Crippen molar-refractivity contribution in [2.75, 3.05) is 12.9 Å².